The Balaban J connectivity index is 1.60. The molecule has 1 saturated heterocycles. The largest absolute Gasteiger partial charge is 0.416 e. The molecule has 2 N–H and O–H groups in total. The van der Waals surface area contributed by atoms with Crippen LogP contribution < -0.4 is 10.6 Å². The average Bonchev–Trinajstić information content (AvgIpc) is 3.11. The molecule has 2 aromatic carbocycles. The second-order valence-corrected chi connectivity index (χ2v) is 8.78. The van der Waals surface area contributed by atoms with Gasteiger partial charge in [0.2, 0.25) is 10.0 Å². The van der Waals surface area contributed by atoms with Crippen LogP contribution in [0.2, 0.25) is 0 Å². The van der Waals surface area contributed by atoms with E-state index in [1.54, 1.807) is 12.1 Å². The fourth-order valence-electron chi connectivity index (χ4n) is 3.05. The van der Waals surface area contributed by atoms with Crippen LogP contribution in [0.15, 0.2) is 53.4 Å². The van der Waals surface area contributed by atoms with Gasteiger partial charge < -0.3 is 10.6 Å². The monoisotopic (exact) mass is 427 g/mol. The van der Waals surface area contributed by atoms with E-state index in [4.69, 9.17) is 0 Å². The summed E-state index contributed by atoms with van der Waals surface area (Å²) < 4.78 is 64.9. The third kappa shape index (κ3) is 5.07. The highest BCUT2D eigenvalue weighted by Crippen LogP contribution is 2.30. The SMILES string of the molecule is Cc1ccc(S(=O)(=O)N2CC[C@H](NC(=O)Nc3cccc(C(F)(F)F)c3)C2)cc1. The number of sulfonamides is 1. The normalized spacial score (nSPS) is 17.9. The molecule has 6 nitrogen and oxygen atoms in total. The molecule has 0 saturated carbocycles. The zero-order valence-corrected chi connectivity index (χ0v) is 16.3. The number of rotatable bonds is 4. The molecular weight excluding hydrogens is 407 g/mol. The first kappa shape index (κ1) is 21.1. The molecule has 0 aromatic heterocycles. The van der Waals surface area contributed by atoms with Crippen LogP contribution in [0.25, 0.3) is 0 Å². The Morgan fingerprint density at radius 2 is 1.83 bits per heavy atom. The molecule has 156 valence electrons. The topological polar surface area (TPSA) is 78.5 Å². The Bertz CT molecular complexity index is 992. The van der Waals surface area contributed by atoms with Gasteiger partial charge in [-0.2, -0.15) is 17.5 Å². The summed E-state index contributed by atoms with van der Waals surface area (Å²) in [5, 5.41) is 4.97. The molecule has 3 rings (SSSR count). The van der Waals surface area contributed by atoms with E-state index in [9.17, 15) is 26.4 Å². The maximum atomic E-state index is 12.8. The summed E-state index contributed by atoms with van der Waals surface area (Å²) in [6, 6.07) is 9.64. The Hall–Kier alpha value is -2.59. The molecule has 0 unspecified atom stereocenters. The van der Waals surface area contributed by atoms with Gasteiger partial charge in [0.15, 0.2) is 0 Å². The number of anilines is 1. The molecule has 1 aliphatic rings. The van der Waals surface area contributed by atoms with E-state index in [-0.39, 0.29) is 23.7 Å². The quantitative estimate of drug-likeness (QED) is 0.783. The smallest absolute Gasteiger partial charge is 0.334 e. The van der Waals surface area contributed by atoms with Crippen molar-refractivity contribution in [1.29, 1.82) is 0 Å². The van der Waals surface area contributed by atoms with Gasteiger partial charge in [0.25, 0.3) is 0 Å². The number of nitrogens with one attached hydrogen (secondary N) is 2. The van der Waals surface area contributed by atoms with E-state index in [0.29, 0.717) is 6.42 Å². The molecule has 0 radical (unpaired) electrons. The molecule has 2 amide bonds. The number of halogens is 3. The van der Waals surface area contributed by atoms with Crippen LogP contribution in [0.1, 0.15) is 17.5 Å². The standard InChI is InChI=1S/C19H20F3N3O3S/c1-13-5-7-17(8-6-13)29(27,28)25-10-9-16(12-25)24-18(26)23-15-4-2-3-14(11-15)19(20,21)22/h2-8,11,16H,9-10,12H2,1H3,(H2,23,24,26)/t16-/m0/s1. The van der Waals surface area contributed by atoms with Crippen LogP contribution in [0.3, 0.4) is 0 Å². The summed E-state index contributed by atoms with van der Waals surface area (Å²) >= 11 is 0. The highest BCUT2D eigenvalue weighted by atomic mass is 32.2. The second kappa shape index (κ2) is 8.03. The van der Waals surface area contributed by atoms with Crippen molar-refractivity contribution in [2.24, 2.45) is 0 Å². The van der Waals surface area contributed by atoms with Crippen molar-refractivity contribution in [2.75, 3.05) is 18.4 Å². The Kier molecular flexibility index (Phi) is 5.85. The summed E-state index contributed by atoms with van der Waals surface area (Å²) in [5.41, 5.74) is 0.0715. The number of urea groups is 1. The number of alkyl halides is 3. The fourth-order valence-corrected chi connectivity index (χ4v) is 4.55. The van der Waals surface area contributed by atoms with Gasteiger partial charge in [0.1, 0.15) is 0 Å². The van der Waals surface area contributed by atoms with E-state index in [0.717, 1.165) is 17.7 Å². The Labute approximate surface area is 166 Å². The Morgan fingerprint density at radius 3 is 2.48 bits per heavy atom. The van der Waals surface area contributed by atoms with Crippen LogP contribution in [0, 0.1) is 6.92 Å². The minimum absolute atomic E-state index is 0.000505. The highest BCUT2D eigenvalue weighted by Gasteiger charge is 2.33. The van der Waals surface area contributed by atoms with E-state index in [1.807, 2.05) is 6.92 Å². The first-order chi connectivity index (χ1) is 13.6. The first-order valence-electron chi connectivity index (χ1n) is 8.87. The summed E-state index contributed by atoms with van der Waals surface area (Å²) in [5.74, 6) is 0. The van der Waals surface area contributed by atoms with E-state index < -0.39 is 33.8 Å². The average molecular weight is 427 g/mol. The number of hydrogen-bond acceptors (Lipinski definition) is 3. The second-order valence-electron chi connectivity index (χ2n) is 6.84. The van der Waals surface area contributed by atoms with Crippen molar-refractivity contribution in [3.63, 3.8) is 0 Å². The van der Waals surface area contributed by atoms with Gasteiger partial charge in [0.05, 0.1) is 10.5 Å². The van der Waals surface area contributed by atoms with E-state index >= 15 is 0 Å². The molecular formula is C19H20F3N3O3S. The predicted octanol–water partition coefficient (Wildman–Crippen LogP) is 3.60. The van der Waals surface area contributed by atoms with Gasteiger partial charge in [-0.3, -0.25) is 0 Å². The number of aryl methyl sites for hydroxylation is 1. The van der Waals surface area contributed by atoms with Gasteiger partial charge in [-0.05, 0) is 43.7 Å². The van der Waals surface area contributed by atoms with Crippen LogP contribution in [0.4, 0.5) is 23.7 Å². The molecule has 1 aliphatic heterocycles. The molecule has 1 atom stereocenters. The molecule has 0 spiro atoms. The lowest BCUT2D eigenvalue weighted by Gasteiger charge is -2.18. The van der Waals surface area contributed by atoms with E-state index in [2.05, 4.69) is 10.6 Å². The van der Waals surface area contributed by atoms with E-state index in [1.165, 1.54) is 28.6 Å². The van der Waals surface area contributed by atoms with Crippen molar-refractivity contribution < 1.29 is 26.4 Å². The summed E-state index contributed by atoms with van der Waals surface area (Å²) in [7, 11) is -3.67. The summed E-state index contributed by atoms with van der Waals surface area (Å²) in [6.07, 6.45) is -4.11. The molecule has 0 bridgehead atoms. The maximum Gasteiger partial charge on any atom is 0.416 e. The first-order valence-corrected chi connectivity index (χ1v) is 10.3. The number of carbonyl (C=O) groups excluding carboxylic acids is 1. The van der Waals surface area contributed by atoms with Gasteiger partial charge >= 0.3 is 12.2 Å². The molecule has 2 aromatic rings. The third-order valence-corrected chi connectivity index (χ3v) is 6.47. The van der Waals surface area contributed by atoms with Crippen molar-refractivity contribution in [2.45, 2.75) is 30.5 Å². The summed E-state index contributed by atoms with van der Waals surface area (Å²) in [6.45, 7) is 2.19. The molecule has 1 heterocycles. The number of carbonyl (C=O) groups is 1. The lowest BCUT2D eigenvalue weighted by molar-refractivity contribution is -0.137. The molecule has 10 heteroatoms. The van der Waals surface area contributed by atoms with Crippen LogP contribution in [0.5, 0.6) is 0 Å². The number of benzene rings is 2. The minimum Gasteiger partial charge on any atom is -0.334 e. The van der Waals surface area contributed by atoms with Gasteiger partial charge in [-0.15, -0.1) is 0 Å². The zero-order valence-electron chi connectivity index (χ0n) is 15.5. The number of nitrogens with zero attached hydrogens (tertiary/aromatic N) is 1. The van der Waals surface area contributed by atoms with Gasteiger partial charge in [-0.25, -0.2) is 13.2 Å². The van der Waals surface area contributed by atoms with Crippen molar-refractivity contribution in [1.82, 2.24) is 9.62 Å². The molecule has 1 fully saturated rings. The highest BCUT2D eigenvalue weighted by molar-refractivity contribution is 7.89. The fraction of sp³-hybridized carbons (Fsp3) is 0.316. The third-order valence-electron chi connectivity index (χ3n) is 4.59. The lowest BCUT2D eigenvalue weighted by atomic mass is 10.2. The van der Waals surface area contributed by atoms with Crippen molar-refractivity contribution >= 4 is 21.7 Å². The number of hydrogen-bond donors (Lipinski definition) is 2. The van der Waals surface area contributed by atoms with Crippen molar-refractivity contribution in [3.8, 4) is 0 Å². The maximum absolute atomic E-state index is 12.8. The van der Waals surface area contributed by atoms with Gasteiger partial charge in [0, 0.05) is 24.8 Å². The van der Waals surface area contributed by atoms with Crippen molar-refractivity contribution in [3.05, 3.63) is 59.7 Å². The molecule has 0 aliphatic carbocycles. The lowest BCUT2D eigenvalue weighted by Crippen LogP contribution is -2.40. The van der Waals surface area contributed by atoms with Crippen LogP contribution in [-0.4, -0.2) is 37.9 Å². The minimum atomic E-state index is -4.51. The van der Waals surface area contributed by atoms with Gasteiger partial charge in [-0.1, -0.05) is 23.8 Å². The predicted molar refractivity (Wildman–Crippen MR) is 102 cm³/mol. The van der Waals surface area contributed by atoms with Crippen LogP contribution in [-0.2, 0) is 16.2 Å². The number of amides is 2. The Morgan fingerprint density at radius 1 is 1.14 bits per heavy atom. The summed E-state index contributed by atoms with van der Waals surface area (Å²) in [4.78, 5) is 12.3. The molecule has 29 heavy (non-hydrogen) atoms. The van der Waals surface area contributed by atoms with Crippen LogP contribution >= 0.6 is 0 Å². The zero-order chi connectivity index (χ0) is 21.2.